The van der Waals surface area contributed by atoms with E-state index >= 15 is 0 Å². The summed E-state index contributed by atoms with van der Waals surface area (Å²) < 4.78 is 0. The molecule has 0 bridgehead atoms. The van der Waals surface area contributed by atoms with Crippen molar-refractivity contribution >= 4 is 5.91 Å². The Labute approximate surface area is 102 Å². The van der Waals surface area contributed by atoms with Gasteiger partial charge in [0.25, 0.3) is 5.91 Å². The molecule has 1 aromatic carbocycles. The molecule has 0 spiro atoms. The van der Waals surface area contributed by atoms with Crippen molar-refractivity contribution < 1.29 is 9.90 Å². The first-order valence-corrected chi connectivity index (χ1v) is 6.12. The molecule has 1 fully saturated rings. The lowest BCUT2D eigenvalue weighted by Gasteiger charge is -2.30. The number of rotatable bonds is 1. The Balaban J connectivity index is 2.16. The highest BCUT2D eigenvalue weighted by atomic mass is 16.3. The summed E-state index contributed by atoms with van der Waals surface area (Å²) in [6, 6.07) is 5.95. The van der Waals surface area contributed by atoms with E-state index in [4.69, 9.17) is 0 Å². The van der Waals surface area contributed by atoms with Crippen LogP contribution in [0.25, 0.3) is 0 Å². The van der Waals surface area contributed by atoms with Gasteiger partial charge < -0.3 is 10.0 Å². The number of likely N-dealkylation sites (tertiary alicyclic amines) is 1. The predicted octanol–water partition coefficient (Wildman–Crippen LogP) is 1.90. The molecule has 3 nitrogen and oxygen atoms in total. The molecule has 0 radical (unpaired) electrons. The van der Waals surface area contributed by atoms with Crippen LogP contribution < -0.4 is 0 Å². The number of carbonyl (C=O) groups excluding carboxylic acids is 1. The monoisotopic (exact) mass is 233 g/mol. The van der Waals surface area contributed by atoms with Crippen LogP contribution in [0.4, 0.5) is 0 Å². The van der Waals surface area contributed by atoms with E-state index in [2.05, 4.69) is 0 Å². The maximum absolute atomic E-state index is 12.3. The highest BCUT2D eigenvalue weighted by Gasteiger charge is 2.23. The highest BCUT2D eigenvalue weighted by molar-refractivity contribution is 5.95. The molecule has 1 heterocycles. The number of carbonyl (C=O) groups is 1. The van der Waals surface area contributed by atoms with Crippen molar-refractivity contribution in [2.75, 3.05) is 13.1 Å². The molecule has 92 valence electrons. The smallest absolute Gasteiger partial charge is 0.254 e. The molecule has 1 aliphatic heterocycles. The fourth-order valence-electron chi connectivity index (χ4n) is 2.21. The van der Waals surface area contributed by atoms with Gasteiger partial charge in [-0.3, -0.25) is 4.79 Å². The number of benzene rings is 1. The van der Waals surface area contributed by atoms with E-state index < -0.39 is 0 Å². The Morgan fingerprint density at radius 1 is 1.29 bits per heavy atom. The molecular weight excluding hydrogens is 214 g/mol. The molecule has 17 heavy (non-hydrogen) atoms. The fraction of sp³-hybridized carbons (Fsp3) is 0.500. The van der Waals surface area contributed by atoms with Crippen molar-refractivity contribution in [1.29, 1.82) is 0 Å². The maximum atomic E-state index is 12.3. The lowest BCUT2D eigenvalue weighted by Crippen LogP contribution is -2.40. The highest BCUT2D eigenvalue weighted by Crippen LogP contribution is 2.17. The van der Waals surface area contributed by atoms with Gasteiger partial charge in [-0.2, -0.15) is 0 Å². The number of nitrogens with zero attached hydrogens (tertiary/aromatic N) is 1. The molecule has 0 aliphatic carbocycles. The summed E-state index contributed by atoms with van der Waals surface area (Å²) >= 11 is 0. The van der Waals surface area contributed by atoms with Crippen molar-refractivity contribution in [1.82, 2.24) is 4.90 Å². The van der Waals surface area contributed by atoms with Gasteiger partial charge in [-0.1, -0.05) is 17.7 Å². The molecule has 1 aliphatic rings. The van der Waals surface area contributed by atoms with Crippen molar-refractivity contribution in [3.63, 3.8) is 0 Å². The second kappa shape index (κ2) is 4.88. The second-order valence-electron chi connectivity index (χ2n) is 4.84. The SMILES string of the molecule is Cc1ccc(C)c(C(=O)N2CCC(O)CC2)c1. The van der Waals surface area contributed by atoms with E-state index in [1.54, 1.807) is 0 Å². The second-order valence-corrected chi connectivity index (χ2v) is 4.84. The number of hydrogen-bond donors (Lipinski definition) is 1. The van der Waals surface area contributed by atoms with E-state index in [-0.39, 0.29) is 12.0 Å². The summed E-state index contributed by atoms with van der Waals surface area (Å²) in [6.45, 7) is 5.28. The van der Waals surface area contributed by atoms with Gasteiger partial charge in [-0.05, 0) is 38.3 Å². The molecule has 3 heteroatoms. The average molecular weight is 233 g/mol. The van der Waals surface area contributed by atoms with Gasteiger partial charge in [0.1, 0.15) is 0 Å². The van der Waals surface area contributed by atoms with Crippen molar-refractivity contribution in [2.24, 2.45) is 0 Å². The van der Waals surface area contributed by atoms with E-state index in [9.17, 15) is 9.90 Å². The Morgan fingerprint density at radius 2 is 1.94 bits per heavy atom. The summed E-state index contributed by atoms with van der Waals surface area (Å²) in [4.78, 5) is 14.2. The van der Waals surface area contributed by atoms with E-state index in [0.717, 1.165) is 16.7 Å². The molecular formula is C14H19NO2. The summed E-state index contributed by atoms with van der Waals surface area (Å²) in [7, 11) is 0. The molecule has 1 aromatic rings. The Bertz CT molecular complexity index is 420. The number of piperidine rings is 1. The van der Waals surface area contributed by atoms with Gasteiger partial charge >= 0.3 is 0 Å². The van der Waals surface area contributed by atoms with E-state index in [0.29, 0.717) is 25.9 Å². The third-order valence-electron chi connectivity index (χ3n) is 3.38. The normalized spacial score (nSPS) is 17.2. The number of hydrogen-bond acceptors (Lipinski definition) is 2. The van der Waals surface area contributed by atoms with Crippen LogP contribution in [-0.2, 0) is 0 Å². The number of aliphatic hydroxyl groups is 1. The van der Waals surface area contributed by atoms with Crippen LogP contribution in [0.15, 0.2) is 18.2 Å². The minimum Gasteiger partial charge on any atom is -0.393 e. The largest absolute Gasteiger partial charge is 0.393 e. The summed E-state index contributed by atoms with van der Waals surface area (Å²) in [5.74, 6) is 0.0955. The molecule has 1 saturated heterocycles. The third kappa shape index (κ3) is 2.67. The van der Waals surface area contributed by atoms with Crippen LogP contribution in [-0.4, -0.2) is 35.1 Å². The predicted molar refractivity (Wildman–Crippen MR) is 67.1 cm³/mol. The molecule has 0 saturated carbocycles. The zero-order valence-corrected chi connectivity index (χ0v) is 10.4. The van der Waals surface area contributed by atoms with Crippen LogP contribution in [0.3, 0.4) is 0 Å². The molecule has 2 rings (SSSR count). The third-order valence-corrected chi connectivity index (χ3v) is 3.38. The molecule has 0 unspecified atom stereocenters. The first kappa shape index (κ1) is 12.1. The fourth-order valence-corrected chi connectivity index (χ4v) is 2.21. The standard InChI is InChI=1S/C14H19NO2/c1-10-3-4-11(2)13(9-10)14(17)15-7-5-12(16)6-8-15/h3-4,9,12,16H,5-8H2,1-2H3. The Hall–Kier alpha value is -1.35. The Kier molecular flexibility index (Phi) is 3.48. The quantitative estimate of drug-likeness (QED) is 0.804. The molecule has 1 amide bonds. The molecule has 0 aromatic heterocycles. The topological polar surface area (TPSA) is 40.5 Å². The van der Waals surface area contributed by atoms with Crippen molar-refractivity contribution in [2.45, 2.75) is 32.8 Å². The van der Waals surface area contributed by atoms with Crippen LogP contribution in [0.1, 0.15) is 34.3 Å². The van der Waals surface area contributed by atoms with Gasteiger partial charge in [-0.25, -0.2) is 0 Å². The lowest BCUT2D eigenvalue weighted by atomic mass is 10.0. The number of amides is 1. The lowest BCUT2D eigenvalue weighted by molar-refractivity contribution is 0.0546. The van der Waals surface area contributed by atoms with E-state index in [1.807, 2.05) is 36.9 Å². The summed E-state index contributed by atoms with van der Waals surface area (Å²) in [6.07, 6.45) is 1.14. The zero-order valence-electron chi connectivity index (χ0n) is 10.4. The van der Waals surface area contributed by atoms with Gasteiger partial charge in [-0.15, -0.1) is 0 Å². The minimum absolute atomic E-state index is 0.0955. The van der Waals surface area contributed by atoms with Crippen molar-refractivity contribution in [3.05, 3.63) is 34.9 Å². The number of aryl methyl sites for hydroxylation is 2. The van der Waals surface area contributed by atoms with Crippen LogP contribution in [0.2, 0.25) is 0 Å². The van der Waals surface area contributed by atoms with Gasteiger partial charge in [0.05, 0.1) is 6.10 Å². The summed E-state index contributed by atoms with van der Waals surface area (Å²) in [5, 5.41) is 9.44. The van der Waals surface area contributed by atoms with Gasteiger partial charge in [0.15, 0.2) is 0 Å². The zero-order chi connectivity index (χ0) is 12.4. The van der Waals surface area contributed by atoms with E-state index in [1.165, 1.54) is 0 Å². The summed E-state index contributed by atoms with van der Waals surface area (Å²) in [5.41, 5.74) is 2.92. The Morgan fingerprint density at radius 3 is 2.59 bits per heavy atom. The maximum Gasteiger partial charge on any atom is 0.254 e. The van der Waals surface area contributed by atoms with Crippen LogP contribution in [0.5, 0.6) is 0 Å². The van der Waals surface area contributed by atoms with Crippen molar-refractivity contribution in [3.8, 4) is 0 Å². The molecule has 0 atom stereocenters. The molecule has 1 N–H and O–H groups in total. The first-order valence-electron chi connectivity index (χ1n) is 6.12. The average Bonchev–Trinajstić information content (AvgIpc) is 2.32. The van der Waals surface area contributed by atoms with Gasteiger partial charge in [0, 0.05) is 18.7 Å². The van der Waals surface area contributed by atoms with Crippen LogP contribution in [0, 0.1) is 13.8 Å². The minimum atomic E-state index is -0.238. The van der Waals surface area contributed by atoms with Crippen LogP contribution >= 0.6 is 0 Å². The first-order chi connectivity index (χ1) is 8.08. The van der Waals surface area contributed by atoms with Gasteiger partial charge in [0.2, 0.25) is 0 Å². The number of aliphatic hydroxyl groups excluding tert-OH is 1.